The summed E-state index contributed by atoms with van der Waals surface area (Å²) in [6.45, 7) is 3.67. The predicted molar refractivity (Wildman–Crippen MR) is 82.5 cm³/mol. The van der Waals surface area contributed by atoms with E-state index in [1.54, 1.807) is 6.92 Å². The molecule has 0 spiro atoms. The Kier molecular flexibility index (Phi) is 4.91. The molecule has 112 valence electrons. The van der Waals surface area contributed by atoms with E-state index in [4.69, 9.17) is 5.73 Å². The summed E-state index contributed by atoms with van der Waals surface area (Å²) in [7, 11) is 0. The highest BCUT2D eigenvalue weighted by molar-refractivity contribution is 8.00. The molecule has 4 N–H and O–H groups in total. The van der Waals surface area contributed by atoms with Crippen LogP contribution in [0.2, 0.25) is 0 Å². The van der Waals surface area contributed by atoms with Gasteiger partial charge in [-0.15, -0.1) is 10.2 Å². The minimum absolute atomic E-state index is 0.122. The molecule has 2 heterocycles. The molecular weight excluding hydrogens is 312 g/mol. The Morgan fingerprint density at radius 3 is 2.90 bits per heavy atom. The Bertz CT molecular complexity index is 698. The summed E-state index contributed by atoms with van der Waals surface area (Å²) in [5.74, 6) is -0.0972. The molecule has 2 aromatic rings. The first kappa shape index (κ1) is 15.4. The largest absolute Gasteiger partial charge is 0.383 e. The van der Waals surface area contributed by atoms with E-state index in [1.807, 2.05) is 6.92 Å². The van der Waals surface area contributed by atoms with Crippen molar-refractivity contribution in [1.29, 1.82) is 0 Å². The van der Waals surface area contributed by atoms with E-state index < -0.39 is 5.25 Å². The number of nitrogens with one attached hydrogen (secondary N) is 2. The van der Waals surface area contributed by atoms with Gasteiger partial charge < -0.3 is 10.7 Å². The fourth-order valence-electron chi connectivity index (χ4n) is 1.50. The van der Waals surface area contributed by atoms with Gasteiger partial charge in [-0.05, 0) is 13.3 Å². The monoisotopic (exact) mass is 326 g/mol. The molecule has 0 radical (unpaired) electrons. The highest BCUT2D eigenvalue weighted by atomic mass is 32.2. The molecule has 21 heavy (non-hydrogen) atoms. The number of carbonyl (C=O) groups excluding carboxylic acids is 1. The molecule has 10 heteroatoms. The topological polar surface area (TPSA) is 127 Å². The number of anilines is 2. The molecule has 2 rings (SSSR count). The molecule has 1 unspecified atom stereocenters. The van der Waals surface area contributed by atoms with Crippen LogP contribution < -0.4 is 16.6 Å². The summed E-state index contributed by atoms with van der Waals surface area (Å²) in [4.78, 5) is 30.1. The number of aryl methyl sites for hydroxylation is 1. The van der Waals surface area contributed by atoms with E-state index in [1.165, 1.54) is 17.4 Å². The molecule has 0 aromatic carbocycles. The zero-order valence-electron chi connectivity index (χ0n) is 11.4. The molecule has 0 saturated heterocycles. The molecular formula is C11H14N6O2S2. The molecule has 2 aromatic heterocycles. The van der Waals surface area contributed by atoms with Crippen molar-refractivity contribution in [3.63, 3.8) is 0 Å². The lowest BCUT2D eigenvalue weighted by Crippen LogP contribution is -2.25. The third kappa shape index (κ3) is 4.26. The fourth-order valence-corrected chi connectivity index (χ4v) is 3.01. The number of amides is 1. The number of H-pyrrole nitrogens is 1. The highest BCUT2D eigenvalue weighted by Crippen LogP contribution is 2.24. The summed E-state index contributed by atoms with van der Waals surface area (Å²) in [5.41, 5.74) is 5.17. The third-order valence-electron chi connectivity index (χ3n) is 2.41. The number of nitrogens with zero attached hydrogens (tertiary/aromatic N) is 3. The van der Waals surface area contributed by atoms with Crippen LogP contribution >= 0.6 is 23.1 Å². The first-order valence-corrected chi connectivity index (χ1v) is 7.82. The molecule has 0 fully saturated rings. The normalized spacial score (nSPS) is 12.1. The minimum Gasteiger partial charge on any atom is -0.383 e. The summed E-state index contributed by atoms with van der Waals surface area (Å²) in [6, 6.07) is 1.19. The van der Waals surface area contributed by atoms with Crippen molar-refractivity contribution >= 4 is 40.0 Å². The van der Waals surface area contributed by atoms with Crippen LogP contribution in [0.1, 0.15) is 18.4 Å². The van der Waals surface area contributed by atoms with Gasteiger partial charge in [-0.3, -0.25) is 14.9 Å². The molecule has 1 amide bonds. The lowest BCUT2D eigenvalue weighted by atomic mass is 10.3. The number of nitrogen functional groups attached to an aromatic ring is 1. The number of aromatic amines is 1. The number of hydrogen-bond acceptors (Lipinski definition) is 8. The van der Waals surface area contributed by atoms with Gasteiger partial charge in [0, 0.05) is 6.07 Å². The summed E-state index contributed by atoms with van der Waals surface area (Å²) < 4.78 is 0. The third-order valence-corrected chi connectivity index (χ3v) is 4.42. The van der Waals surface area contributed by atoms with E-state index in [2.05, 4.69) is 25.5 Å². The maximum atomic E-state index is 12.2. The molecule has 0 bridgehead atoms. The SMILES string of the molecule is CCC(Sc1nc(N)cc(=O)[nH]1)C(=O)Nc1nnc(C)s1. The van der Waals surface area contributed by atoms with Crippen molar-refractivity contribution in [2.45, 2.75) is 30.7 Å². The summed E-state index contributed by atoms with van der Waals surface area (Å²) in [5, 5.41) is 11.5. The van der Waals surface area contributed by atoms with Crippen LogP contribution in [0.3, 0.4) is 0 Å². The number of hydrogen-bond donors (Lipinski definition) is 3. The maximum Gasteiger partial charge on any atom is 0.253 e. The molecule has 8 nitrogen and oxygen atoms in total. The van der Waals surface area contributed by atoms with Crippen molar-refractivity contribution in [3.8, 4) is 0 Å². The molecule has 0 aliphatic rings. The molecule has 0 aliphatic carbocycles. The van der Waals surface area contributed by atoms with Crippen LogP contribution in [0.15, 0.2) is 16.0 Å². The molecule has 0 aliphatic heterocycles. The van der Waals surface area contributed by atoms with E-state index in [0.717, 1.165) is 16.8 Å². The lowest BCUT2D eigenvalue weighted by molar-refractivity contribution is -0.115. The number of rotatable bonds is 5. The van der Waals surface area contributed by atoms with E-state index in [9.17, 15) is 9.59 Å². The average Bonchev–Trinajstić information content (AvgIpc) is 2.80. The summed E-state index contributed by atoms with van der Waals surface area (Å²) in [6.07, 6.45) is 0.562. The average molecular weight is 326 g/mol. The number of nitrogens with two attached hydrogens (primary N) is 1. The number of thioether (sulfide) groups is 1. The standard InChI is InChI=1S/C11H14N6O2S2/c1-3-6(9(19)15-11-17-16-5(2)20-11)21-10-13-7(12)4-8(18)14-10/h4,6H,3H2,1-2H3,(H,15,17,19)(H3,12,13,14,18). The second-order valence-electron chi connectivity index (χ2n) is 4.11. The number of carbonyl (C=O) groups is 1. The highest BCUT2D eigenvalue weighted by Gasteiger charge is 2.20. The summed E-state index contributed by atoms with van der Waals surface area (Å²) >= 11 is 2.45. The van der Waals surface area contributed by atoms with Crippen molar-refractivity contribution < 1.29 is 4.79 Å². The van der Waals surface area contributed by atoms with Crippen LogP contribution in [-0.4, -0.2) is 31.3 Å². The second-order valence-corrected chi connectivity index (χ2v) is 6.48. The van der Waals surface area contributed by atoms with E-state index in [0.29, 0.717) is 16.7 Å². The molecule has 0 saturated carbocycles. The van der Waals surface area contributed by atoms with Crippen LogP contribution in [0, 0.1) is 6.92 Å². The molecule has 1 atom stereocenters. The van der Waals surface area contributed by atoms with Gasteiger partial charge in [0.1, 0.15) is 10.8 Å². The first-order valence-electron chi connectivity index (χ1n) is 6.12. The zero-order valence-corrected chi connectivity index (χ0v) is 13.0. The van der Waals surface area contributed by atoms with Gasteiger partial charge in [0.15, 0.2) is 5.16 Å². The zero-order chi connectivity index (χ0) is 15.4. The van der Waals surface area contributed by atoms with Gasteiger partial charge in [-0.25, -0.2) is 4.98 Å². The Labute approximate surface area is 128 Å². The van der Waals surface area contributed by atoms with Crippen molar-refractivity contribution in [2.24, 2.45) is 0 Å². The van der Waals surface area contributed by atoms with Gasteiger partial charge in [-0.2, -0.15) is 0 Å². The predicted octanol–water partition coefficient (Wildman–Crippen LogP) is 1.02. The van der Waals surface area contributed by atoms with E-state index in [-0.39, 0.29) is 17.3 Å². The second kappa shape index (κ2) is 6.68. The van der Waals surface area contributed by atoms with Crippen LogP contribution in [-0.2, 0) is 4.79 Å². The van der Waals surface area contributed by atoms with Crippen LogP contribution in [0.4, 0.5) is 10.9 Å². The Hall–Kier alpha value is -1.94. The van der Waals surface area contributed by atoms with Gasteiger partial charge in [0.25, 0.3) is 5.56 Å². The maximum absolute atomic E-state index is 12.2. The van der Waals surface area contributed by atoms with Crippen molar-refractivity contribution in [1.82, 2.24) is 20.2 Å². The van der Waals surface area contributed by atoms with Gasteiger partial charge in [-0.1, -0.05) is 30.0 Å². The lowest BCUT2D eigenvalue weighted by Gasteiger charge is -2.12. The van der Waals surface area contributed by atoms with Crippen LogP contribution in [0.25, 0.3) is 0 Å². The Balaban J connectivity index is 2.08. The Morgan fingerprint density at radius 2 is 2.33 bits per heavy atom. The van der Waals surface area contributed by atoms with Crippen molar-refractivity contribution in [3.05, 3.63) is 21.4 Å². The van der Waals surface area contributed by atoms with Crippen LogP contribution in [0.5, 0.6) is 0 Å². The van der Waals surface area contributed by atoms with Crippen molar-refractivity contribution in [2.75, 3.05) is 11.1 Å². The van der Waals surface area contributed by atoms with Gasteiger partial charge in [0.05, 0.1) is 5.25 Å². The number of aromatic nitrogens is 4. The smallest absolute Gasteiger partial charge is 0.253 e. The minimum atomic E-state index is -0.417. The first-order chi connectivity index (χ1) is 9.97. The Morgan fingerprint density at radius 1 is 1.57 bits per heavy atom. The quantitative estimate of drug-likeness (QED) is 0.553. The van der Waals surface area contributed by atoms with Gasteiger partial charge >= 0.3 is 0 Å². The van der Waals surface area contributed by atoms with Gasteiger partial charge in [0.2, 0.25) is 11.0 Å². The fraction of sp³-hybridized carbons (Fsp3) is 0.364. The van der Waals surface area contributed by atoms with E-state index >= 15 is 0 Å².